The van der Waals surface area contributed by atoms with Gasteiger partial charge in [0.25, 0.3) is 0 Å². The molecule has 1 N–H and O–H groups in total. The summed E-state index contributed by atoms with van der Waals surface area (Å²) in [4.78, 5) is 12.2. The van der Waals surface area contributed by atoms with Crippen LogP contribution in [0.25, 0.3) is 0 Å². The van der Waals surface area contributed by atoms with E-state index >= 15 is 0 Å². The highest BCUT2D eigenvalue weighted by molar-refractivity contribution is 7.99. The van der Waals surface area contributed by atoms with E-state index in [0.29, 0.717) is 17.6 Å². The lowest BCUT2D eigenvalue weighted by molar-refractivity contribution is -0.113. The first kappa shape index (κ1) is 21.9. The van der Waals surface area contributed by atoms with Crippen LogP contribution >= 0.6 is 11.8 Å². The molecular weight excluding hydrogens is 396 g/mol. The third-order valence-electron chi connectivity index (χ3n) is 4.68. The first-order valence-corrected chi connectivity index (χ1v) is 10.8. The first-order valence-electron chi connectivity index (χ1n) is 9.83. The number of carbonyl (C=O) groups excluding carboxylic acids is 1. The third kappa shape index (κ3) is 5.86. The topological polar surface area (TPSA) is 69.0 Å². The van der Waals surface area contributed by atoms with Gasteiger partial charge in [0.15, 0.2) is 11.0 Å². The van der Waals surface area contributed by atoms with Crippen molar-refractivity contribution in [1.29, 1.82) is 0 Å². The molecular formula is C23H28N4O2S. The van der Waals surface area contributed by atoms with Crippen LogP contribution in [0.1, 0.15) is 37.7 Å². The lowest BCUT2D eigenvalue weighted by Crippen LogP contribution is -2.14. The van der Waals surface area contributed by atoms with Crippen LogP contribution in [0.4, 0.5) is 5.69 Å². The second kappa shape index (κ2) is 9.34. The van der Waals surface area contributed by atoms with Crippen LogP contribution < -0.4 is 10.1 Å². The third-order valence-corrected chi connectivity index (χ3v) is 5.70. The van der Waals surface area contributed by atoms with Gasteiger partial charge >= 0.3 is 0 Å². The summed E-state index contributed by atoms with van der Waals surface area (Å²) >= 11 is 1.35. The van der Waals surface area contributed by atoms with Crippen molar-refractivity contribution in [1.82, 2.24) is 14.8 Å². The van der Waals surface area contributed by atoms with E-state index < -0.39 is 0 Å². The highest BCUT2D eigenvalue weighted by Crippen LogP contribution is 2.25. The van der Waals surface area contributed by atoms with Gasteiger partial charge in [0.1, 0.15) is 12.4 Å². The maximum absolute atomic E-state index is 12.2. The molecule has 0 atom stereocenters. The Morgan fingerprint density at radius 2 is 1.73 bits per heavy atom. The zero-order valence-corrected chi connectivity index (χ0v) is 18.9. The highest BCUT2D eigenvalue weighted by atomic mass is 32.2. The smallest absolute Gasteiger partial charge is 0.234 e. The molecule has 3 aromatic rings. The molecule has 1 amide bonds. The summed E-state index contributed by atoms with van der Waals surface area (Å²) < 4.78 is 7.71. The van der Waals surface area contributed by atoms with E-state index in [4.69, 9.17) is 4.74 Å². The van der Waals surface area contributed by atoms with E-state index in [1.807, 2.05) is 54.9 Å². The summed E-state index contributed by atoms with van der Waals surface area (Å²) in [5, 5.41) is 11.9. The fraction of sp³-hybridized carbons (Fsp3) is 0.348. The molecule has 0 saturated heterocycles. The molecule has 0 aliphatic carbocycles. The normalized spacial score (nSPS) is 11.4. The predicted molar refractivity (Wildman–Crippen MR) is 121 cm³/mol. The molecule has 0 saturated carbocycles. The lowest BCUT2D eigenvalue weighted by Gasteiger charge is -2.19. The molecule has 0 fully saturated rings. The number of benzene rings is 2. The van der Waals surface area contributed by atoms with Crippen LogP contribution in [0.5, 0.6) is 5.75 Å². The number of hydrogen-bond acceptors (Lipinski definition) is 5. The minimum absolute atomic E-state index is 0.0800. The lowest BCUT2D eigenvalue weighted by atomic mass is 9.87. The van der Waals surface area contributed by atoms with Gasteiger partial charge in [0.2, 0.25) is 5.91 Å². The number of thioether (sulfide) groups is 1. The van der Waals surface area contributed by atoms with Gasteiger partial charge in [-0.15, -0.1) is 10.2 Å². The van der Waals surface area contributed by atoms with Gasteiger partial charge in [-0.1, -0.05) is 62.4 Å². The number of hydrogen-bond donors (Lipinski definition) is 1. The monoisotopic (exact) mass is 424 g/mol. The average molecular weight is 425 g/mol. The molecule has 3 rings (SSSR count). The summed E-state index contributed by atoms with van der Waals surface area (Å²) in [6.07, 6.45) is 0. The Bertz CT molecular complexity index is 990. The Hall–Kier alpha value is -2.80. The standard InChI is InChI=1S/C23H28N4O2S/c1-16-6-10-18(11-7-16)24-21(28)15-30-22-26-25-20(27(22)5)14-29-19-12-8-17(9-13-19)23(2,3)4/h6-13H,14-15H2,1-5H3,(H,24,28). The SMILES string of the molecule is Cc1ccc(NC(=O)CSc2nnc(COc3ccc(C(C)(C)C)cc3)n2C)cc1. The van der Waals surface area contributed by atoms with Crippen LogP contribution in [-0.4, -0.2) is 26.4 Å². The highest BCUT2D eigenvalue weighted by Gasteiger charge is 2.14. The molecule has 0 radical (unpaired) electrons. The van der Waals surface area contributed by atoms with Gasteiger partial charge in [-0.05, 0) is 42.2 Å². The van der Waals surface area contributed by atoms with E-state index in [0.717, 1.165) is 17.0 Å². The maximum Gasteiger partial charge on any atom is 0.234 e. The second-order valence-electron chi connectivity index (χ2n) is 8.22. The Labute approximate surface area is 182 Å². The minimum atomic E-state index is -0.0800. The van der Waals surface area contributed by atoms with Gasteiger partial charge in [-0.2, -0.15) is 0 Å². The molecule has 7 heteroatoms. The van der Waals surface area contributed by atoms with Crippen LogP contribution in [0.15, 0.2) is 53.7 Å². The molecule has 0 bridgehead atoms. The number of anilines is 1. The molecule has 2 aromatic carbocycles. The molecule has 1 aromatic heterocycles. The van der Waals surface area contributed by atoms with Crippen molar-refractivity contribution in [3.8, 4) is 5.75 Å². The molecule has 6 nitrogen and oxygen atoms in total. The molecule has 30 heavy (non-hydrogen) atoms. The van der Waals surface area contributed by atoms with E-state index in [9.17, 15) is 4.79 Å². The molecule has 158 valence electrons. The van der Waals surface area contributed by atoms with E-state index in [1.165, 1.54) is 17.3 Å². The van der Waals surface area contributed by atoms with Gasteiger partial charge in [0.05, 0.1) is 5.75 Å². The van der Waals surface area contributed by atoms with E-state index in [1.54, 1.807) is 0 Å². The van der Waals surface area contributed by atoms with Crippen molar-refractivity contribution in [2.45, 2.75) is 44.9 Å². The summed E-state index contributed by atoms with van der Waals surface area (Å²) in [6, 6.07) is 15.8. The number of nitrogens with zero attached hydrogens (tertiary/aromatic N) is 3. The largest absolute Gasteiger partial charge is 0.486 e. The minimum Gasteiger partial charge on any atom is -0.486 e. The Kier molecular flexibility index (Phi) is 6.82. The molecule has 0 spiro atoms. The van der Waals surface area contributed by atoms with Gasteiger partial charge in [0, 0.05) is 12.7 Å². The van der Waals surface area contributed by atoms with Crippen LogP contribution in [-0.2, 0) is 23.9 Å². The summed E-state index contributed by atoms with van der Waals surface area (Å²) in [5.41, 5.74) is 3.31. The van der Waals surface area contributed by atoms with Crippen molar-refractivity contribution in [2.75, 3.05) is 11.1 Å². The Morgan fingerprint density at radius 1 is 1.07 bits per heavy atom. The summed E-state index contributed by atoms with van der Waals surface area (Å²) in [7, 11) is 1.88. The number of amides is 1. The van der Waals surface area contributed by atoms with Crippen molar-refractivity contribution in [2.24, 2.45) is 7.05 Å². The van der Waals surface area contributed by atoms with E-state index in [-0.39, 0.29) is 17.1 Å². The van der Waals surface area contributed by atoms with Gasteiger partial charge < -0.3 is 14.6 Å². The van der Waals surface area contributed by atoms with Crippen LogP contribution in [0.2, 0.25) is 0 Å². The number of rotatable bonds is 7. The predicted octanol–water partition coefficient (Wildman–Crippen LogP) is 4.73. The number of aryl methyl sites for hydroxylation is 1. The average Bonchev–Trinajstić information content (AvgIpc) is 3.06. The second-order valence-corrected chi connectivity index (χ2v) is 9.17. The first-order chi connectivity index (χ1) is 14.2. The zero-order valence-electron chi connectivity index (χ0n) is 18.1. The molecule has 0 aliphatic heterocycles. The van der Waals surface area contributed by atoms with Crippen LogP contribution in [0.3, 0.4) is 0 Å². The van der Waals surface area contributed by atoms with Crippen molar-refractivity contribution in [3.05, 3.63) is 65.5 Å². The zero-order chi connectivity index (χ0) is 21.7. The summed E-state index contributed by atoms with van der Waals surface area (Å²) in [6.45, 7) is 8.88. The molecule has 1 heterocycles. The van der Waals surface area contributed by atoms with Crippen LogP contribution in [0, 0.1) is 6.92 Å². The fourth-order valence-electron chi connectivity index (χ4n) is 2.76. The Morgan fingerprint density at radius 3 is 2.37 bits per heavy atom. The van der Waals surface area contributed by atoms with Crippen molar-refractivity contribution < 1.29 is 9.53 Å². The number of nitrogens with one attached hydrogen (secondary N) is 1. The number of aromatic nitrogens is 3. The van der Waals surface area contributed by atoms with Gasteiger partial charge in [-0.25, -0.2) is 0 Å². The number of carbonyl (C=O) groups is 1. The molecule has 0 aliphatic rings. The van der Waals surface area contributed by atoms with Crippen molar-refractivity contribution in [3.63, 3.8) is 0 Å². The fourth-order valence-corrected chi connectivity index (χ4v) is 3.49. The Balaban J connectivity index is 1.51. The van der Waals surface area contributed by atoms with E-state index in [2.05, 4.69) is 48.4 Å². The number of ether oxygens (including phenoxy) is 1. The maximum atomic E-state index is 12.2. The van der Waals surface area contributed by atoms with Gasteiger partial charge in [-0.3, -0.25) is 4.79 Å². The van der Waals surface area contributed by atoms with Crippen molar-refractivity contribution >= 4 is 23.4 Å². The quantitative estimate of drug-likeness (QED) is 0.555. The summed E-state index contributed by atoms with van der Waals surface area (Å²) in [5.74, 6) is 1.67. The molecule has 0 unspecified atom stereocenters.